The highest BCUT2D eigenvalue weighted by Gasteiger charge is 2.30. The first-order valence-corrected chi connectivity index (χ1v) is 6.82. The average Bonchev–Trinajstić information content (AvgIpc) is 2.51. The van der Waals surface area contributed by atoms with E-state index in [9.17, 15) is 0 Å². The van der Waals surface area contributed by atoms with Gasteiger partial charge in [-0.2, -0.15) is 0 Å². The van der Waals surface area contributed by atoms with Gasteiger partial charge in [0.15, 0.2) is 0 Å². The molecular weight excluding hydrogens is 244 g/mol. The van der Waals surface area contributed by atoms with E-state index in [1.165, 1.54) is 11.1 Å². The minimum absolute atomic E-state index is 0.150. The Morgan fingerprint density at radius 3 is 2.55 bits per heavy atom. The van der Waals surface area contributed by atoms with Gasteiger partial charge < -0.3 is 4.90 Å². The minimum atomic E-state index is -0.150. The number of hydrogen-bond acceptors (Lipinski definition) is 2. The van der Waals surface area contributed by atoms with Crippen molar-refractivity contribution in [3.63, 3.8) is 0 Å². The van der Waals surface area contributed by atoms with E-state index in [0.717, 1.165) is 5.69 Å². The van der Waals surface area contributed by atoms with Gasteiger partial charge in [0.1, 0.15) is 0 Å². The van der Waals surface area contributed by atoms with Crippen LogP contribution in [0.4, 0.5) is 0 Å². The summed E-state index contributed by atoms with van der Waals surface area (Å²) in [5.41, 5.74) is 3.31. The second kappa shape index (κ2) is 4.97. The second-order valence-corrected chi connectivity index (χ2v) is 5.22. The molecule has 1 unspecified atom stereocenters. The summed E-state index contributed by atoms with van der Waals surface area (Å²) in [5, 5.41) is 0. The Balaban J connectivity index is 2.16. The standard InChI is InChI=1S/C18H18N2/c1-18(12-6-8-14-20(18)2)16-10-4-3-9-15(16)17-11-5-7-13-19-17/h3-14H,1-2H3. The van der Waals surface area contributed by atoms with E-state index in [0.29, 0.717) is 0 Å². The number of pyridine rings is 1. The number of hydrogen-bond donors (Lipinski definition) is 0. The number of nitrogens with zero attached hydrogens (tertiary/aromatic N) is 2. The van der Waals surface area contributed by atoms with Crippen LogP contribution < -0.4 is 0 Å². The highest BCUT2D eigenvalue weighted by Crippen LogP contribution is 2.37. The zero-order chi connectivity index (χ0) is 14.0. The van der Waals surface area contributed by atoms with E-state index in [4.69, 9.17) is 0 Å². The van der Waals surface area contributed by atoms with Gasteiger partial charge in [0.2, 0.25) is 0 Å². The van der Waals surface area contributed by atoms with Crippen molar-refractivity contribution in [2.45, 2.75) is 12.5 Å². The molecule has 1 aromatic heterocycles. The van der Waals surface area contributed by atoms with Gasteiger partial charge >= 0.3 is 0 Å². The van der Waals surface area contributed by atoms with Gasteiger partial charge in [-0.05, 0) is 36.9 Å². The molecule has 0 saturated heterocycles. The van der Waals surface area contributed by atoms with E-state index in [-0.39, 0.29) is 5.54 Å². The lowest BCUT2D eigenvalue weighted by Gasteiger charge is -2.39. The summed E-state index contributed by atoms with van der Waals surface area (Å²) in [7, 11) is 2.11. The molecule has 0 N–H and O–H groups in total. The molecule has 1 atom stereocenters. The van der Waals surface area contributed by atoms with Gasteiger partial charge in [0.25, 0.3) is 0 Å². The van der Waals surface area contributed by atoms with Gasteiger partial charge in [0.05, 0.1) is 11.2 Å². The highest BCUT2D eigenvalue weighted by atomic mass is 15.1. The molecule has 1 aliphatic rings. The maximum Gasteiger partial charge on any atom is 0.0809 e. The number of benzene rings is 1. The largest absolute Gasteiger partial charge is 0.368 e. The highest BCUT2D eigenvalue weighted by molar-refractivity contribution is 5.66. The molecule has 20 heavy (non-hydrogen) atoms. The van der Waals surface area contributed by atoms with E-state index in [2.05, 4.69) is 78.6 Å². The Morgan fingerprint density at radius 2 is 1.80 bits per heavy atom. The summed E-state index contributed by atoms with van der Waals surface area (Å²) < 4.78 is 0. The van der Waals surface area contributed by atoms with Crippen molar-refractivity contribution in [2.24, 2.45) is 0 Å². The Labute approximate surface area is 120 Å². The zero-order valence-corrected chi connectivity index (χ0v) is 11.8. The van der Waals surface area contributed by atoms with Crippen LogP contribution in [0, 0.1) is 0 Å². The van der Waals surface area contributed by atoms with E-state index < -0.39 is 0 Å². The molecule has 2 heteroatoms. The van der Waals surface area contributed by atoms with Gasteiger partial charge in [-0.15, -0.1) is 0 Å². The molecule has 1 aliphatic heterocycles. The van der Waals surface area contributed by atoms with Crippen molar-refractivity contribution in [1.82, 2.24) is 9.88 Å². The number of rotatable bonds is 2. The van der Waals surface area contributed by atoms with Crippen molar-refractivity contribution >= 4 is 0 Å². The van der Waals surface area contributed by atoms with Crippen LogP contribution in [0.1, 0.15) is 12.5 Å². The van der Waals surface area contributed by atoms with Crippen LogP contribution in [0.3, 0.4) is 0 Å². The molecular formula is C18H18N2. The SMILES string of the molecule is CN1C=CC=CC1(C)c1ccccc1-c1ccccn1. The van der Waals surface area contributed by atoms with Crippen molar-refractivity contribution < 1.29 is 0 Å². The van der Waals surface area contributed by atoms with Crippen molar-refractivity contribution in [3.05, 3.63) is 78.7 Å². The lowest BCUT2D eigenvalue weighted by atomic mass is 9.84. The molecule has 0 fully saturated rings. The third kappa shape index (κ3) is 2.03. The Kier molecular flexibility index (Phi) is 3.15. The molecule has 2 nitrogen and oxygen atoms in total. The van der Waals surface area contributed by atoms with Crippen LogP contribution in [-0.2, 0) is 5.54 Å². The summed E-state index contributed by atoms with van der Waals surface area (Å²) in [4.78, 5) is 6.73. The molecule has 0 bridgehead atoms. The molecule has 3 rings (SSSR count). The first kappa shape index (κ1) is 12.7. The fourth-order valence-corrected chi connectivity index (χ4v) is 2.64. The lowest BCUT2D eigenvalue weighted by molar-refractivity contribution is 0.262. The lowest BCUT2D eigenvalue weighted by Crippen LogP contribution is -2.37. The van der Waals surface area contributed by atoms with E-state index in [1.54, 1.807) is 0 Å². The number of allylic oxidation sites excluding steroid dienone is 2. The van der Waals surface area contributed by atoms with Gasteiger partial charge in [-0.25, -0.2) is 0 Å². The fraction of sp³-hybridized carbons (Fsp3) is 0.167. The predicted molar refractivity (Wildman–Crippen MR) is 83.1 cm³/mol. The molecule has 0 amide bonds. The van der Waals surface area contributed by atoms with Crippen molar-refractivity contribution in [1.29, 1.82) is 0 Å². The maximum absolute atomic E-state index is 4.50. The fourth-order valence-electron chi connectivity index (χ4n) is 2.64. The average molecular weight is 262 g/mol. The van der Waals surface area contributed by atoms with Crippen LogP contribution in [0.25, 0.3) is 11.3 Å². The molecule has 1 aromatic carbocycles. The third-order valence-corrected chi connectivity index (χ3v) is 3.99. The molecule has 0 aliphatic carbocycles. The Hall–Kier alpha value is -2.35. The van der Waals surface area contributed by atoms with Gasteiger partial charge in [-0.3, -0.25) is 4.98 Å². The first-order chi connectivity index (χ1) is 9.72. The number of aromatic nitrogens is 1. The third-order valence-electron chi connectivity index (χ3n) is 3.99. The maximum atomic E-state index is 4.50. The van der Waals surface area contributed by atoms with E-state index in [1.807, 2.05) is 18.3 Å². The monoisotopic (exact) mass is 262 g/mol. The van der Waals surface area contributed by atoms with Crippen LogP contribution in [0.5, 0.6) is 0 Å². The van der Waals surface area contributed by atoms with Crippen LogP contribution in [0.15, 0.2) is 73.1 Å². The second-order valence-electron chi connectivity index (χ2n) is 5.22. The van der Waals surface area contributed by atoms with E-state index >= 15 is 0 Å². The van der Waals surface area contributed by atoms with Crippen LogP contribution in [-0.4, -0.2) is 16.9 Å². The predicted octanol–water partition coefficient (Wildman–Crippen LogP) is 3.98. The van der Waals surface area contributed by atoms with Crippen LogP contribution in [0.2, 0.25) is 0 Å². The molecule has 2 heterocycles. The minimum Gasteiger partial charge on any atom is -0.368 e. The molecule has 2 aromatic rings. The van der Waals surface area contributed by atoms with Crippen molar-refractivity contribution in [2.75, 3.05) is 7.05 Å². The summed E-state index contributed by atoms with van der Waals surface area (Å²) in [5.74, 6) is 0. The summed E-state index contributed by atoms with van der Waals surface area (Å²) >= 11 is 0. The zero-order valence-electron chi connectivity index (χ0n) is 11.8. The summed E-state index contributed by atoms with van der Waals surface area (Å²) in [6, 6.07) is 14.5. The topological polar surface area (TPSA) is 16.1 Å². The smallest absolute Gasteiger partial charge is 0.0809 e. The van der Waals surface area contributed by atoms with Gasteiger partial charge in [-0.1, -0.05) is 42.5 Å². The van der Waals surface area contributed by atoms with Crippen LogP contribution >= 0.6 is 0 Å². The molecule has 0 saturated carbocycles. The van der Waals surface area contributed by atoms with Crippen molar-refractivity contribution in [3.8, 4) is 11.3 Å². The van der Waals surface area contributed by atoms with Gasteiger partial charge in [0, 0.05) is 18.8 Å². The Bertz CT molecular complexity index is 658. The quantitative estimate of drug-likeness (QED) is 0.814. The number of likely N-dealkylation sites (N-methyl/N-ethyl adjacent to an activating group) is 1. The molecule has 0 spiro atoms. The summed E-state index contributed by atoms with van der Waals surface area (Å²) in [6.07, 6.45) is 10.3. The molecule has 0 radical (unpaired) electrons. The molecule has 100 valence electrons. The Morgan fingerprint density at radius 1 is 1.00 bits per heavy atom. The first-order valence-electron chi connectivity index (χ1n) is 6.82. The summed E-state index contributed by atoms with van der Waals surface area (Å²) in [6.45, 7) is 2.23. The normalized spacial score (nSPS) is 21.2.